The summed E-state index contributed by atoms with van der Waals surface area (Å²) in [6.07, 6.45) is 0.363. The van der Waals surface area contributed by atoms with Crippen molar-refractivity contribution in [1.29, 1.82) is 0 Å². The van der Waals surface area contributed by atoms with E-state index in [-0.39, 0.29) is 12.0 Å². The number of hydrogen-bond acceptors (Lipinski definition) is 3. The summed E-state index contributed by atoms with van der Waals surface area (Å²) in [6, 6.07) is 7.35. The molecule has 0 aliphatic carbocycles. The van der Waals surface area contributed by atoms with Gasteiger partial charge in [0, 0.05) is 24.7 Å². The Morgan fingerprint density at radius 3 is 2.83 bits per heavy atom. The number of carbonyl (C=O) groups is 1. The molecule has 2 N–H and O–H groups in total. The fourth-order valence-corrected chi connectivity index (χ4v) is 2.10. The molecule has 0 unspecified atom stereocenters. The minimum Gasteiger partial charge on any atom is -0.373 e. The van der Waals surface area contributed by atoms with Crippen LogP contribution < -0.4 is 5.73 Å². The van der Waals surface area contributed by atoms with Gasteiger partial charge in [-0.3, -0.25) is 4.79 Å². The maximum absolute atomic E-state index is 12.1. The van der Waals surface area contributed by atoms with Crippen LogP contribution in [-0.4, -0.2) is 43.2 Å². The fourth-order valence-electron chi connectivity index (χ4n) is 1.98. The number of carbonyl (C=O) groups excluding carboxylic acids is 1. The molecule has 0 spiro atoms. The van der Waals surface area contributed by atoms with Gasteiger partial charge in [0.1, 0.15) is 0 Å². The molecular weight excluding hydrogens is 252 g/mol. The van der Waals surface area contributed by atoms with Gasteiger partial charge in [0.25, 0.3) is 0 Å². The van der Waals surface area contributed by atoms with Gasteiger partial charge >= 0.3 is 0 Å². The first-order chi connectivity index (χ1) is 8.69. The van der Waals surface area contributed by atoms with E-state index in [1.54, 1.807) is 12.1 Å². The van der Waals surface area contributed by atoms with Gasteiger partial charge in [-0.25, -0.2) is 0 Å². The van der Waals surface area contributed by atoms with Crippen molar-refractivity contribution < 1.29 is 9.53 Å². The molecule has 18 heavy (non-hydrogen) atoms. The molecule has 1 aromatic rings. The normalized spacial score (nSPS) is 19.9. The third kappa shape index (κ3) is 3.45. The molecule has 1 aliphatic rings. The van der Waals surface area contributed by atoms with E-state index in [4.69, 9.17) is 22.1 Å². The molecule has 1 fully saturated rings. The lowest BCUT2D eigenvalue weighted by atomic mass is 10.1. The minimum absolute atomic E-state index is 0.0343. The number of morpholine rings is 1. The molecule has 98 valence electrons. The summed E-state index contributed by atoms with van der Waals surface area (Å²) in [4.78, 5) is 13.9. The van der Waals surface area contributed by atoms with E-state index in [9.17, 15) is 4.79 Å². The van der Waals surface area contributed by atoms with Gasteiger partial charge in [-0.05, 0) is 17.7 Å². The molecule has 1 atom stereocenters. The summed E-state index contributed by atoms with van der Waals surface area (Å²) < 4.78 is 5.44. The molecular formula is C13H17ClN2O2. The van der Waals surface area contributed by atoms with Crippen molar-refractivity contribution in [3.63, 3.8) is 0 Å². The second-order valence-electron chi connectivity index (χ2n) is 4.37. The van der Waals surface area contributed by atoms with E-state index < -0.39 is 0 Å². The van der Waals surface area contributed by atoms with E-state index in [0.29, 0.717) is 37.7 Å². The second kappa shape index (κ2) is 6.18. The topological polar surface area (TPSA) is 55.6 Å². The van der Waals surface area contributed by atoms with Crippen molar-refractivity contribution in [1.82, 2.24) is 4.90 Å². The van der Waals surface area contributed by atoms with Crippen molar-refractivity contribution in [3.05, 3.63) is 34.9 Å². The maximum atomic E-state index is 12.1. The average molecular weight is 269 g/mol. The Kier molecular flexibility index (Phi) is 4.58. The summed E-state index contributed by atoms with van der Waals surface area (Å²) >= 11 is 5.81. The fraction of sp³-hybridized carbons (Fsp3) is 0.462. The highest BCUT2D eigenvalue weighted by Gasteiger charge is 2.23. The Balaban J connectivity index is 1.93. The van der Waals surface area contributed by atoms with Crippen LogP contribution in [0.3, 0.4) is 0 Å². The Bertz CT molecular complexity index is 408. The van der Waals surface area contributed by atoms with Gasteiger partial charge in [-0.2, -0.15) is 0 Å². The number of nitrogens with two attached hydrogens (primary N) is 1. The van der Waals surface area contributed by atoms with Crippen LogP contribution in [-0.2, 0) is 16.0 Å². The van der Waals surface area contributed by atoms with Crippen LogP contribution in [0.1, 0.15) is 5.56 Å². The molecule has 0 radical (unpaired) electrons. The van der Waals surface area contributed by atoms with Crippen LogP contribution in [0.25, 0.3) is 0 Å². The number of halogens is 1. The lowest BCUT2D eigenvalue weighted by molar-refractivity contribution is -0.137. The van der Waals surface area contributed by atoms with Crippen LogP contribution in [0.15, 0.2) is 24.3 Å². The average Bonchev–Trinajstić information content (AvgIpc) is 2.41. The first-order valence-electron chi connectivity index (χ1n) is 6.03. The Morgan fingerprint density at radius 1 is 1.44 bits per heavy atom. The SMILES string of the molecule is NC[C@@H]1CN(C(=O)Cc2ccc(Cl)cc2)CCO1. The zero-order valence-corrected chi connectivity index (χ0v) is 10.9. The Morgan fingerprint density at radius 2 is 2.17 bits per heavy atom. The Hall–Kier alpha value is -1.10. The highest BCUT2D eigenvalue weighted by molar-refractivity contribution is 6.30. The lowest BCUT2D eigenvalue weighted by Gasteiger charge is -2.32. The number of rotatable bonds is 3. The molecule has 1 aromatic carbocycles. The number of hydrogen-bond donors (Lipinski definition) is 1. The molecule has 2 rings (SSSR count). The minimum atomic E-state index is -0.0343. The number of nitrogens with zero attached hydrogens (tertiary/aromatic N) is 1. The van der Waals surface area contributed by atoms with E-state index in [1.165, 1.54) is 0 Å². The smallest absolute Gasteiger partial charge is 0.227 e. The first kappa shape index (κ1) is 13.3. The number of benzene rings is 1. The van der Waals surface area contributed by atoms with Gasteiger partial charge in [-0.1, -0.05) is 23.7 Å². The first-order valence-corrected chi connectivity index (χ1v) is 6.40. The summed E-state index contributed by atoms with van der Waals surface area (Å²) in [7, 11) is 0. The summed E-state index contributed by atoms with van der Waals surface area (Å²) in [5, 5.41) is 0.681. The van der Waals surface area contributed by atoms with Gasteiger partial charge in [0.15, 0.2) is 0 Å². The quantitative estimate of drug-likeness (QED) is 0.892. The van der Waals surface area contributed by atoms with Gasteiger partial charge in [0.05, 0.1) is 19.1 Å². The van der Waals surface area contributed by atoms with Crippen LogP contribution in [0.5, 0.6) is 0 Å². The zero-order chi connectivity index (χ0) is 13.0. The standard InChI is InChI=1S/C13H17ClN2O2/c14-11-3-1-10(2-4-11)7-13(17)16-5-6-18-12(8-15)9-16/h1-4,12H,5-9,15H2/t12-/m1/s1. The van der Waals surface area contributed by atoms with Gasteiger partial charge in [0.2, 0.25) is 5.91 Å². The Labute approximate surface area is 112 Å². The molecule has 1 aliphatic heterocycles. The monoisotopic (exact) mass is 268 g/mol. The van der Waals surface area contributed by atoms with Crippen LogP contribution in [0.4, 0.5) is 0 Å². The van der Waals surface area contributed by atoms with Crippen LogP contribution in [0.2, 0.25) is 5.02 Å². The second-order valence-corrected chi connectivity index (χ2v) is 4.81. The van der Waals surface area contributed by atoms with Crippen molar-refractivity contribution in [2.45, 2.75) is 12.5 Å². The molecule has 0 bridgehead atoms. The predicted molar refractivity (Wildman–Crippen MR) is 70.5 cm³/mol. The molecule has 0 aromatic heterocycles. The third-order valence-corrected chi connectivity index (χ3v) is 3.27. The van der Waals surface area contributed by atoms with E-state index in [2.05, 4.69) is 0 Å². The summed E-state index contributed by atoms with van der Waals surface area (Å²) in [5.74, 6) is 0.110. The zero-order valence-electron chi connectivity index (χ0n) is 10.1. The van der Waals surface area contributed by atoms with Crippen molar-refractivity contribution in [2.24, 2.45) is 5.73 Å². The molecule has 0 saturated carbocycles. The van der Waals surface area contributed by atoms with E-state index >= 15 is 0 Å². The van der Waals surface area contributed by atoms with Crippen molar-refractivity contribution >= 4 is 17.5 Å². The predicted octanol–water partition coefficient (Wildman–Crippen LogP) is 1.07. The molecule has 4 nitrogen and oxygen atoms in total. The van der Waals surface area contributed by atoms with Gasteiger partial charge < -0.3 is 15.4 Å². The highest BCUT2D eigenvalue weighted by atomic mass is 35.5. The van der Waals surface area contributed by atoms with Crippen molar-refractivity contribution in [2.75, 3.05) is 26.2 Å². The number of amides is 1. The largest absolute Gasteiger partial charge is 0.373 e. The van der Waals surface area contributed by atoms with Gasteiger partial charge in [-0.15, -0.1) is 0 Å². The van der Waals surface area contributed by atoms with Crippen LogP contribution >= 0.6 is 11.6 Å². The maximum Gasteiger partial charge on any atom is 0.227 e. The lowest BCUT2D eigenvalue weighted by Crippen LogP contribution is -2.48. The molecule has 1 amide bonds. The number of ether oxygens (including phenoxy) is 1. The van der Waals surface area contributed by atoms with Crippen molar-refractivity contribution in [3.8, 4) is 0 Å². The van der Waals surface area contributed by atoms with E-state index in [0.717, 1.165) is 5.56 Å². The van der Waals surface area contributed by atoms with Crippen LogP contribution in [0, 0.1) is 0 Å². The molecule has 5 heteroatoms. The summed E-state index contributed by atoms with van der Waals surface area (Å²) in [5.41, 5.74) is 6.53. The molecule has 1 heterocycles. The highest BCUT2D eigenvalue weighted by Crippen LogP contribution is 2.12. The van der Waals surface area contributed by atoms with E-state index in [1.807, 2.05) is 17.0 Å². The third-order valence-electron chi connectivity index (χ3n) is 3.02. The molecule has 1 saturated heterocycles. The summed E-state index contributed by atoms with van der Waals surface area (Å²) in [6.45, 7) is 2.24.